The van der Waals surface area contributed by atoms with Crippen LogP contribution in [0.3, 0.4) is 0 Å². The van der Waals surface area contributed by atoms with Crippen LogP contribution < -0.4 is 5.32 Å². The highest BCUT2D eigenvalue weighted by molar-refractivity contribution is 8.01. The average molecular weight is 412 g/mol. The maximum absolute atomic E-state index is 12.3. The van der Waals surface area contributed by atoms with E-state index in [1.165, 1.54) is 11.8 Å². The molecule has 0 saturated carbocycles. The number of carbonyl (C=O) groups excluding carboxylic acids is 2. The fourth-order valence-corrected chi connectivity index (χ4v) is 4.29. The molecule has 140 valence electrons. The highest BCUT2D eigenvalue weighted by atomic mass is 35.5. The van der Waals surface area contributed by atoms with Crippen molar-refractivity contribution in [2.24, 2.45) is 0 Å². The normalized spacial score (nSPS) is 15.6. The second-order valence-electron chi connectivity index (χ2n) is 6.24. The molecule has 8 heteroatoms. The molecule has 1 atom stereocenters. The smallest absolute Gasteiger partial charge is 0.307 e. The molecule has 1 amide bonds. The van der Waals surface area contributed by atoms with E-state index in [2.05, 4.69) is 11.4 Å². The molecule has 0 spiro atoms. The van der Waals surface area contributed by atoms with E-state index in [0.717, 1.165) is 10.4 Å². The number of carbonyl (C=O) groups is 2. The van der Waals surface area contributed by atoms with E-state index >= 15 is 0 Å². The van der Waals surface area contributed by atoms with Crippen molar-refractivity contribution in [1.29, 1.82) is 5.26 Å². The molecule has 28 heavy (non-hydrogen) atoms. The van der Waals surface area contributed by atoms with Crippen LogP contribution in [0, 0.1) is 11.3 Å². The summed E-state index contributed by atoms with van der Waals surface area (Å²) >= 11 is 7.25. The molecule has 0 aliphatic carbocycles. The van der Waals surface area contributed by atoms with Crippen LogP contribution in [0.5, 0.6) is 0 Å². The van der Waals surface area contributed by atoms with Gasteiger partial charge < -0.3 is 14.5 Å². The highest BCUT2D eigenvalue weighted by Gasteiger charge is 2.29. The Hall–Kier alpha value is -2.95. The van der Waals surface area contributed by atoms with Gasteiger partial charge in [0.15, 0.2) is 0 Å². The van der Waals surface area contributed by atoms with Crippen LogP contribution in [0.15, 0.2) is 53.7 Å². The number of rotatable bonds is 4. The number of halogens is 1. The number of nitrogens with one attached hydrogen (secondary N) is 1. The SMILES string of the molecule is N#Cc1c(COC(=O)C[C@H]2Sc3ccc(Cl)cc3NC2=O)cn2ccccc12. The maximum atomic E-state index is 12.3. The van der Waals surface area contributed by atoms with Crippen molar-refractivity contribution < 1.29 is 14.3 Å². The van der Waals surface area contributed by atoms with Crippen LogP contribution in [0.4, 0.5) is 5.69 Å². The molecule has 2 aromatic heterocycles. The van der Waals surface area contributed by atoms with Gasteiger partial charge in [-0.3, -0.25) is 9.59 Å². The Morgan fingerprint density at radius 3 is 3.04 bits per heavy atom. The number of nitrogens with zero attached hydrogens (tertiary/aromatic N) is 2. The molecule has 1 aromatic carbocycles. The van der Waals surface area contributed by atoms with Gasteiger partial charge in [0.1, 0.15) is 12.7 Å². The minimum Gasteiger partial charge on any atom is -0.461 e. The van der Waals surface area contributed by atoms with Crippen LogP contribution in [-0.4, -0.2) is 21.5 Å². The van der Waals surface area contributed by atoms with Crippen LogP contribution in [0.2, 0.25) is 5.02 Å². The van der Waals surface area contributed by atoms with Gasteiger partial charge >= 0.3 is 5.97 Å². The largest absolute Gasteiger partial charge is 0.461 e. The lowest BCUT2D eigenvalue weighted by Crippen LogP contribution is -2.31. The standard InChI is InChI=1S/C20H14ClN3O3S/c21-13-4-5-17-15(7-13)23-20(26)18(28-17)8-19(25)27-11-12-10-24-6-2-1-3-16(24)14(12)9-22/h1-7,10,18H,8,11H2,(H,23,26)/t18-/m1/s1. The predicted molar refractivity (Wildman–Crippen MR) is 106 cm³/mol. The number of ether oxygens (including phenoxy) is 1. The number of anilines is 1. The van der Waals surface area contributed by atoms with Gasteiger partial charge in [-0.2, -0.15) is 5.26 Å². The van der Waals surface area contributed by atoms with Crippen molar-refractivity contribution in [3.63, 3.8) is 0 Å². The minimum absolute atomic E-state index is 0.0192. The number of pyridine rings is 1. The Labute approximate surface area is 170 Å². The minimum atomic E-state index is -0.579. The first-order chi connectivity index (χ1) is 13.5. The molecule has 0 radical (unpaired) electrons. The zero-order valence-electron chi connectivity index (χ0n) is 14.5. The van der Waals surface area contributed by atoms with Crippen LogP contribution >= 0.6 is 23.4 Å². The second-order valence-corrected chi connectivity index (χ2v) is 7.92. The van der Waals surface area contributed by atoms with E-state index in [4.69, 9.17) is 16.3 Å². The second kappa shape index (κ2) is 7.58. The zero-order valence-corrected chi connectivity index (χ0v) is 16.1. The molecule has 0 unspecified atom stereocenters. The van der Waals surface area contributed by atoms with Gasteiger partial charge in [0.25, 0.3) is 0 Å². The Morgan fingerprint density at radius 1 is 1.36 bits per heavy atom. The molecule has 1 aliphatic rings. The number of hydrogen-bond acceptors (Lipinski definition) is 5. The first kappa shape index (κ1) is 18.4. The Kier molecular flexibility index (Phi) is 4.99. The van der Waals surface area contributed by atoms with Crippen molar-refractivity contribution in [3.05, 3.63) is 64.9 Å². The number of esters is 1. The Balaban J connectivity index is 1.42. The molecule has 4 rings (SSSR count). The lowest BCUT2D eigenvalue weighted by molar-refractivity contribution is -0.145. The van der Waals surface area contributed by atoms with Crippen LogP contribution in [-0.2, 0) is 20.9 Å². The van der Waals surface area contributed by atoms with Crippen LogP contribution in [0.25, 0.3) is 5.52 Å². The highest BCUT2D eigenvalue weighted by Crippen LogP contribution is 2.38. The number of benzene rings is 1. The summed E-state index contributed by atoms with van der Waals surface area (Å²) in [4.78, 5) is 25.4. The van der Waals surface area contributed by atoms with E-state index in [9.17, 15) is 14.9 Å². The fourth-order valence-electron chi connectivity index (χ4n) is 3.04. The molecular weight excluding hydrogens is 398 g/mol. The van der Waals surface area contributed by atoms with E-state index in [1.807, 2.05) is 34.9 Å². The summed E-state index contributed by atoms with van der Waals surface area (Å²) in [7, 11) is 0. The average Bonchev–Trinajstić information content (AvgIpc) is 3.04. The third-order valence-corrected chi connectivity index (χ3v) is 5.89. The number of aromatic nitrogens is 1. The predicted octanol–water partition coefficient (Wildman–Crippen LogP) is 4.01. The van der Waals surface area contributed by atoms with E-state index in [1.54, 1.807) is 18.3 Å². The molecule has 1 N–H and O–H groups in total. The Morgan fingerprint density at radius 2 is 2.21 bits per heavy atom. The number of thioether (sulfide) groups is 1. The van der Waals surface area contributed by atoms with Gasteiger partial charge in [0.2, 0.25) is 5.91 Å². The summed E-state index contributed by atoms with van der Waals surface area (Å²) < 4.78 is 7.15. The number of nitriles is 1. The third kappa shape index (κ3) is 3.57. The van der Waals surface area contributed by atoms with Gasteiger partial charge in [-0.15, -0.1) is 11.8 Å². The van der Waals surface area contributed by atoms with Gasteiger partial charge in [-0.05, 0) is 30.3 Å². The van der Waals surface area contributed by atoms with Crippen molar-refractivity contribution >= 4 is 46.4 Å². The van der Waals surface area contributed by atoms with Crippen molar-refractivity contribution in [2.45, 2.75) is 23.2 Å². The molecule has 0 saturated heterocycles. The van der Waals surface area contributed by atoms with Crippen LogP contribution in [0.1, 0.15) is 17.5 Å². The topological polar surface area (TPSA) is 83.6 Å². The Bertz CT molecular complexity index is 1140. The molecule has 0 fully saturated rings. The summed E-state index contributed by atoms with van der Waals surface area (Å²) in [5.74, 6) is -0.756. The van der Waals surface area contributed by atoms with E-state index in [-0.39, 0.29) is 18.9 Å². The molecule has 3 heterocycles. The lowest BCUT2D eigenvalue weighted by Gasteiger charge is -2.23. The zero-order chi connectivity index (χ0) is 19.7. The molecule has 6 nitrogen and oxygen atoms in total. The monoisotopic (exact) mass is 411 g/mol. The van der Waals surface area contributed by atoms with Crippen molar-refractivity contribution in [1.82, 2.24) is 4.40 Å². The summed E-state index contributed by atoms with van der Waals surface area (Å²) in [6.07, 6.45) is 3.53. The van der Waals surface area contributed by atoms with E-state index < -0.39 is 11.2 Å². The summed E-state index contributed by atoms with van der Waals surface area (Å²) in [5, 5.41) is 12.1. The summed E-state index contributed by atoms with van der Waals surface area (Å²) in [6.45, 7) is -0.0192. The first-order valence-electron chi connectivity index (χ1n) is 8.46. The molecule has 0 bridgehead atoms. The van der Waals surface area contributed by atoms with Crippen molar-refractivity contribution in [2.75, 3.05) is 5.32 Å². The van der Waals surface area contributed by atoms with Gasteiger partial charge in [0.05, 0.1) is 28.4 Å². The first-order valence-corrected chi connectivity index (χ1v) is 9.72. The van der Waals surface area contributed by atoms with Gasteiger partial charge in [-0.1, -0.05) is 17.7 Å². The summed E-state index contributed by atoms with van der Waals surface area (Å²) in [5.41, 5.74) is 2.51. The van der Waals surface area contributed by atoms with Gasteiger partial charge in [-0.25, -0.2) is 0 Å². The third-order valence-electron chi connectivity index (χ3n) is 4.38. The number of hydrogen-bond donors (Lipinski definition) is 1. The molecular formula is C20H14ClN3O3S. The summed E-state index contributed by atoms with van der Waals surface area (Å²) in [6, 6.07) is 12.9. The van der Waals surface area contributed by atoms with Crippen molar-refractivity contribution in [3.8, 4) is 6.07 Å². The fraction of sp³-hybridized carbons (Fsp3) is 0.150. The van der Waals surface area contributed by atoms with Gasteiger partial charge in [0, 0.05) is 27.9 Å². The lowest BCUT2D eigenvalue weighted by atomic mass is 10.2. The van der Waals surface area contributed by atoms with E-state index in [0.29, 0.717) is 21.8 Å². The molecule has 1 aliphatic heterocycles. The maximum Gasteiger partial charge on any atom is 0.307 e. The number of fused-ring (bicyclic) bond motifs is 2. The molecule has 3 aromatic rings. The quantitative estimate of drug-likeness (QED) is 0.656. The number of amides is 1.